The van der Waals surface area contributed by atoms with E-state index in [1.54, 1.807) is 30.6 Å². The van der Waals surface area contributed by atoms with Gasteiger partial charge in [0.05, 0.1) is 26.6 Å². The number of sulfone groups is 1. The first kappa shape index (κ1) is 20.7. The van der Waals surface area contributed by atoms with Crippen LogP contribution in [0.1, 0.15) is 48.9 Å². The quantitative estimate of drug-likeness (QED) is 0.635. The fourth-order valence-electron chi connectivity index (χ4n) is 5.57. The first-order chi connectivity index (χ1) is 16.0. The number of hydrogen-bond donors (Lipinski definition) is 1. The van der Waals surface area contributed by atoms with Crippen molar-refractivity contribution in [3.8, 4) is 0 Å². The summed E-state index contributed by atoms with van der Waals surface area (Å²) < 4.78 is 26.7. The molecule has 1 saturated heterocycles. The Morgan fingerprint density at radius 2 is 1.85 bits per heavy atom. The third-order valence-electron chi connectivity index (χ3n) is 7.52. The lowest BCUT2D eigenvalue weighted by molar-refractivity contribution is 0.0620. The summed E-state index contributed by atoms with van der Waals surface area (Å²) >= 11 is 0. The highest BCUT2D eigenvalue weighted by molar-refractivity contribution is 7.92. The van der Waals surface area contributed by atoms with Crippen LogP contribution < -0.4 is 4.90 Å². The summed E-state index contributed by atoms with van der Waals surface area (Å²) in [6.07, 6.45) is 8.47. The summed E-state index contributed by atoms with van der Waals surface area (Å²) in [5, 5.41) is 0.598. The predicted molar refractivity (Wildman–Crippen MR) is 125 cm³/mol. The van der Waals surface area contributed by atoms with Gasteiger partial charge in [0.25, 0.3) is 5.91 Å². The molecule has 1 amide bonds. The Labute approximate surface area is 192 Å². The largest absolute Gasteiger partial charge is 0.352 e. The Morgan fingerprint density at radius 1 is 1.06 bits per heavy atom. The Hall–Kier alpha value is -2.94. The van der Waals surface area contributed by atoms with Crippen LogP contribution in [0.25, 0.3) is 11.0 Å². The molecule has 3 heterocycles. The highest BCUT2D eigenvalue weighted by atomic mass is 32.2. The topological polar surface area (TPSA) is 99.3 Å². The molecule has 9 heteroatoms. The fraction of sp³-hybridized carbons (Fsp3) is 0.458. The number of H-pyrrole nitrogens is 1. The third-order valence-corrected chi connectivity index (χ3v) is 9.84. The monoisotopic (exact) mass is 465 g/mol. The molecule has 1 spiro atoms. The van der Waals surface area contributed by atoms with Crippen LogP contribution in [0, 0.1) is 0 Å². The number of carbonyl (C=O) groups excluding carboxylic acids is 1. The van der Waals surface area contributed by atoms with Gasteiger partial charge in [-0.25, -0.2) is 18.4 Å². The molecule has 33 heavy (non-hydrogen) atoms. The summed E-state index contributed by atoms with van der Waals surface area (Å²) in [6.45, 7) is 1.86. The van der Waals surface area contributed by atoms with Gasteiger partial charge in [0, 0.05) is 25.8 Å². The van der Waals surface area contributed by atoms with Gasteiger partial charge in [0.2, 0.25) is 0 Å². The van der Waals surface area contributed by atoms with Crippen LogP contribution >= 0.6 is 0 Å². The molecule has 0 radical (unpaired) electrons. The van der Waals surface area contributed by atoms with Gasteiger partial charge in [-0.2, -0.15) is 0 Å². The molecule has 2 aromatic heterocycles. The Morgan fingerprint density at radius 3 is 2.64 bits per heavy atom. The van der Waals surface area contributed by atoms with E-state index in [1.165, 1.54) is 0 Å². The first-order valence-corrected chi connectivity index (χ1v) is 13.2. The summed E-state index contributed by atoms with van der Waals surface area (Å²) in [7, 11) is -3.52. The molecule has 172 valence electrons. The maximum absolute atomic E-state index is 13.8. The molecule has 1 aromatic carbocycles. The lowest BCUT2D eigenvalue weighted by Gasteiger charge is -2.43. The molecule has 0 bridgehead atoms. The second-order valence-electron chi connectivity index (χ2n) is 9.49. The molecular formula is C24H27N5O3S. The van der Waals surface area contributed by atoms with E-state index < -0.39 is 9.84 Å². The standard InChI is InChI=1S/C24H27N5O3S/c30-23(18-7-3-4-8-20(18)33(31,32)17-5-1-2-6-17)29-14-13-28(15-24(29)10-11-24)22-19-9-12-25-21(19)26-16-27-22/h3-4,7-9,12,16-17H,1-2,5-6,10-11,13-15H2,(H,25,26,27). The smallest absolute Gasteiger partial charge is 0.255 e. The molecule has 0 unspecified atom stereocenters. The van der Waals surface area contributed by atoms with E-state index >= 15 is 0 Å². The summed E-state index contributed by atoms with van der Waals surface area (Å²) in [5.74, 6) is 0.711. The lowest BCUT2D eigenvalue weighted by atomic mass is 10.1. The van der Waals surface area contributed by atoms with Gasteiger partial charge >= 0.3 is 0 Å². The van der Waals surface area contributed by atoms with Crippen molar-refractivity contribution in [3.05, 3.63) is 48.4 Å². The van der Waals surface area contributed by atoms with Crippen LogP contribution in [0.4, 0.5) is 5.82 Å². The number of piperazine rings is 1. The molecule has 2 saturated carbocycles. The summed E-state index contributed by atoms with van der Waals surface area (Å²) in [6, 6.07) is 8.76. The number of nitrogens with zero attached hydrogens (tertiary/aromatic N) is 4. The van der Waals surface area contributed by atoms with Crippen LogP contribution in [0.3, 0.4) is 0 Å². The molecule has 1 aliphatic heterocycles. The van der Waals surface area contributed by atoms with Crippen molar-refractivity contribution in [1.82, 2.24) is 19.9 Å². The van der Waals surface area contributed by atoms with Gasteiger partial charge in [0.15, 0.2) is 9.84 Å². The van der Waals surface area contributed by atoms with Gasteiger partial charge in [-0.05, 0) is 43.9 Å². The van der Waals surface area contributed by atoms with Gasteiger partial charge < -0.3 is 14.8 Å². The second kappa shape index (κ2) is 7.55. The highest BCUT2D eigenvalue weighted by Crippen LogP contribution is 2.46. The number of fused-ring (bicyclic) bond motifs is 1. The number of amides is 1. The van der Waals surface area contributed by atoms with E-state index in [1.807, 2.05) is 17.2 Å². The minimum absolute atomic E-state index is 0.168. The van der Waals surface area contributed by atoms with E-state index in [4.69, 9.17) is 0 Å². The summed E-state index contributed by atoms with van der Waals surface area (Å²) in [4.78, 5) is 30.1. The fourth-order valence-corrected chi connectivity index (χ4v) is 7.62. The molecule has 6 rings (SSSR count). The van der Waals surface area contributed by atoms with Gasteiger partial charge in [-0.15, -0.1) is 0 Å². The van der Waals surface area contributed by atoms with Crippen LogP contribution in [-0.4, -0.2) is 64.6 Å². The third kappa shape index (κ3) is 3.32. The van der Waals surface area contributed by atoms with Crippen molar-refractivity contribution in [2.75, 3.05) is 24.5 Å². The Balaban J connectivity index is 1.30. The maximum atomic E-state index is 13.8. The Kier molecular flexibility index (Phi) is 4.72. The van der Waals surface area contributed by atoms with Gasteiger partial charge in [-0.3, -0.25) is 4.79 Å². The molecule has 3 aliphatic rings. The minimum Gasteiger partial charge on any atom is -0.352 e. The molecule has 2 aliphatic carbocycles. The average Bonchev–Trinajstić information content (AvgIpc) is 3.25. The van der Waals surface area contributed by atoms with Crippen molar-refractivity contribution < 1.29 is 13.2 Å². The van der Waals surface area contributed by atoms with Gasteiger partial charge in [-0.1, -0.05) is 25.0 Å². The molecule has 3 fully saturated rings. The zero-order valence-electron chi connectivity index (χ0n) is 18.4. The van der Waals surface area contributed by atoms with Crippen LogP contribution in [0.15, 0.2) is 47.8 Å². The van der Waals surface area contributed by atoms with Crippen molar-refractivity contribution in [2.45, 2.75) is 54.2 Å². The number of hydrogen-bond acceptors (Lipinski definition) is 6. The number of carbonyl (C=O) groups is 1. The number of anilines is 1. The maximum Gasteiger partial charge on any atom is 0.255 e. The van der Waals surface area contributed by atoms with E-state index in [0.717, 1.165) is 42.5 Å². The van der Waals surface area contributed by atoms with Crippen molar-refractivity contribution in [3.63, 3.8) is 0 Å². The summed E-state index contributed by atoms with van der Waals surface area (Å²) in [5.41, 5.74) is 0.848. The number of aromatic nitrogens is 3. The molecular weight excluding hydrogens is 438 g/mol. The zero-order chi connectivity index (χ0) is 22.6. The second-order valence-corrected chi connectivity index (χ2v) is 11.7. The van der Waals surface area contributed by atoms with E-state index in [9.17, 15) is 13.2 Å². The van der Waals surface area contributed by atoms with Crippen LogP contribution in [0.2, 0.25) is 0 Å². The van der Waals surface area contributed by atoms with E-state index in [-0.39, 0.29) is 21.6 Å². The normalized spacial score (nSPS) is 20.6. The van der Waals surface area contributed by atoms with Crippen molar-refractivity contribution >= 4 is 32.6 Å². The van der Waals surface area contributed by atoms with E-state index in [0.29, 0.717) is 38.0 Å². The molecule has 0 atom stereocenters. The number of benzene rings is 1. The molecule has 1 N–H and O–H groups in total. The van der Waals surface area contributed by atoms with E-state index in [2.05, 4.69) is 19.9 Å². The Bertz CT molecular complexity index is 1320. The average molecular weight is 466 g/mol. The van der Waals surface area contributed by atoms with Crippen LogP contribution in [-0.2, 0) is 9.84 Å². The number of nitrogens with one attached hydrogen (secondary N) is 1. The number of rotatable bonds is 4. The zero-order valence-corrected chi connectivity index (χ0v) is 19.2. The minimum atomic E-state index is -3.52. The predicted octanol–water partition coefficient (Wildman–Crippen LogP) is 3.17. The highest BCUT2D eigenvalue weighted by Gasteiger charge is 2.54. The molecule has 3 aromatic rings. The van der Waals surface area contributed by atoms with Gasteiger partial charge in [0.1, 0.15) is 17.8 Å². The first-order valence-electron chi connectivity index (χ1n) is 11.7. The molecule has 8 nitrogen and oxygen atoms in total. The van der Waals surface area contributed by atoms with Crippen molar-refractivity contribution in [2.24, 2.45) is 0 Å². The van der Waals surface area contributed by atoms with Crippen molar-refractivity contribution in [1.29, 1.82) is 0 Å². The van der Waals surface area contributed by atoms with Crippen LogP contribution in [0.5, 0.6) is 0 Å². The lowest BCUT2D eigenvalue weighted by Crippen LogP contribution is -2.57. The SMILES string of the molecule is O=C(c1ccccc1S(=O)(=O)C1CCCC1)N1CCN(c2ncnc3[nH]ccc23)CC12CC2. The number of aromatic amines is 1.